The highest BCUT2D eigenvalue weighted by Crippen LogP contribution is 2.25. The molecule has 1 aliphatic rings. The van der Waals surface area contributed by atoms with E-state index >= 15 is 0 Å². The molecule has 1 aliphatic carbocycles. The monoisotopic (exact) mass is 128 g/mol. The van der Waals surface area contributed by atoms with E-state index in [1.54, 1.807) is 6.92 Å². The van der Waals surface area contributed by atoms with Crippen LogP contribution in [0.15, 0.2) is 0 Å². The van der Waals surface area contributed by atoms with Crippen molar-refractivity contribution in [1.82, 2.24) is 0 Å². The van der Waals surface area contributed by atoms with Gasteiger partial charge in [-0.05, 0) is 44.9 Å². The molecule has 0 N–H and O–H groups in total. The Balaban J connectivity index is 2.23. The van der Waals surface area contributed by atoms with Crippen LogP contribution in [0, 0.1) is 18.8 Å². The average molecular weight is 128 g/mol. The van der Waals surface area contributed by atoms with Gasteiger partial charge in [-0.15, -0.1) is 0 Å². The Labute approximate surface area is 56.5 Å². The zero-order chi connectivity index (χ0) is 6.69. The molecule has 1 saturated carbocycles. The molecule has 0 aromatic rings. The first-order valence-electron chi connectivity index (χ1n) is 3.60. The summed E-state index contributed by atoms with van der Waals surface area (Å²) in [6, 6.07) is 0. The van der Waals surface area contributed by atoms with Gasteiger partial charge in [0, 0.05) is 0 Å². The third kappa shape index (κ3) is 1.96. The number of alkyl halides is 1. The van der Waals surface area contributed by atoms with Crippen molar-refractivity contribution in [3.8, 4) is 0 Å². The van der Waals surface area contributed by atoms with Crippen LogP contribution in [0.25, 0.3) is 0 Å². The van der Waals surface area contributed by atoms with Crippen LogP contribution in [0.2, 0.25) is 0 Å². The lowest BCUT2D eigenvalue weighted by Gasteiger charge is -2.21. The first-order chi connectivity index (χ1) is 4.30. The lowest BCUT2D eigenvalue weighted by Crippen LogP contribution is -2.16. The lowest BCUT2D eigenvalue weighted by molar-refractivity contribution is 0.257. The Morgan fingerprint density at radius 1 is 1.56 bits per heavy atom. The van der Waals surface area contributed by atoms with Gasteiger partial charge in [0.15, 0.2) is 0 Å². The number of halogens is 1. The minimum absolute atomic E-state index is 0.207. The predicted molar refractivity (Wildman–Crippen MR) is 36.5 cm³/mol. The van der Waals surface area contributed by atoms with E-state index < -0.39 is 6.17 Å². The van der Waals surface area contributed by atoms with Gasteiger partial charge in [0.2, 0.25) is 0 Å². The summed E-state index contributed by atoms with van der Waals surface area (Å²) in [6.07, 6.45) is 6.78. The SMILES string of the molecule is CC(F)C1[CH]CC[CH]C1. The average Bonchev–Trinajstić information content (AvgIpc) is 1.90. The molecule has 2 radical (unpaired) electrons. The van der Waals surface area contributed by atoms with E-state index in [1.807, 2.05) is 0 Å². The summed E-state index contributed by atoms with van der Waals surface area (Å²) < 4.78 is 12.5. The largest absolute Gasteiger partial charge is 0.247 e. The molecular formula is C8H13F. The van der Waals surface area contributed by atoms with E-state index in [4.69, 9.17) is 0 Å². The van der Waals surface area contributed by atoms with Gasteiger partial charge in [0.25, 0.3) is 0 Å². The molecule has 0 saturated heterocycles. The molecule has 0 amide bonds. The van der Waals surface area contributed by atoms with E-state index in [2.05, 4.69) is 12.8 Å². The summed E-state index contributed by atoms with van der Waals surface area (Å²) in [5.41, 5.74) is 0. The molecule has 0 aromatic heterocycles. The first-order valence-corrected chi connectivity index (χ1v) is 3.60. The summed E-state index contributed by atoms with van der Waals surface area (Å²) in [4.78, 5) is 0. The molecule has 2 atom stereocenters. The van der Waals surface area contributed by atoms with Gasteiger partial charge in [0.05, 0.1) is 0 Å². The summed E-state index contributed by atoms with van der Waals surface area (Å²) in [6.45, 7) is 1.64. The normalized spacial score (nSPS) is 26.0. The van der Waals surface area contributed by atoms with Gasteiger partial charge in [-0.3, -0.25) is 0 Å². The van der Waals surface area contributed by atoms with E-state index in [0.717, 1.165) is 19.3 Å². The smallest absolute Gasteiger partial charge is 0.100 e. The minimum Gasteiger partial charge on any atom is -0.247 e. The van der Waals surface area contributed by atoms with Crippen LogP contribution in [0.4, 0.5) is 4.39 Å². The number of rotatable bonds is 1. The van der Waals surface area contributed by atoms with Crippen LogP contribution >= 0.6 is 0 Å². The second-order valence-electron chi connectivity index (χ2n) is 2.68. The molecule has 52 valence electrons. The molecule has 1 rings (SSSR count). The fraction of sp³-hybridized carbons (Fsp3) is 0.750. The molecule has 0 spiro atoms. The summed E-state index contributed by atoms with van der Waals surface area (Å²) in [5, 5.41) is 0. The Kier molecular flexibility index (Phi) is 2.49. The van der Waals surface area contributed by atoms with Gasteiger partial charge in [-0.2, -0.15) is 0 Å². The second kappa shape index (κ2) is 3.19. The van der Waals surface area contributed by atoms with Crippen LogP contribution in [0.3, 0.4) is 0 Å². The van der Waals surface area contributed by atoms with Crippen LogP contribution in [0.1, 0.15) is 26.2 Å². The van der Waals surface area contributed by atoms with Crippen LogP contribution in [-0.2, 0) is 0 Å². The van der Waals surface area contributed by atoms with E-state index in [-0.39, 0.29) is 5.92 Å². The van der Waals surface area contributed by atoms with Crippen LogP contribution < -0.4 is 0 Å². The fourth-order valence-corrected chi connectivity index (χ4v) is 1.21. The Bertz CT molecular complexity index is 72.6. The fourth-order valence-electron chi connectivity index (χ4n) is 1.21. The molecule has 2 unspecified atom stereocenters. The summed E-state index contributed by atoms with van der Waals surface area (Å²) >= 11 is 0. The van der Waals surface area contributed by atoms with Crippen molar-refractivity contribution in [2.24, 2.45) is 5.92 Å². The number of hydrogen-bond acceptors (Lipinski definition) is 0. The van der Waals surface area contributed by atoms with E-state index in [1.165, 1.54) is 0 Å². The van der Waals surface area contributed by atoms with Crippen molar-refractivity contribution in [3.05, 3.63) is 12.8 Å². The van der Waals surface area contributed by atoms with Crippen molar-refractivity contribution >= 4 is 0 Å². The predicted octanol–water partition coefficient (Wildman–Crippen LogP) is 2.55. The molecule has 0 heterocycles. The third-order valence-corrected chi connectivity index (χ3v) is 1.87. The Morgan fingerprint density at radius 3 is 2.67 bits per heavy atom. The van der Waals surface area contributed by atoms with Crippen molar-refractivity contribution in [2.75, 3.05) is 0 Å². The maximum Gasteiger partial charge on any atom is 0.100 e. The molecule has 0 nitrogen and oxygen atoms in total. The van der Waals surface area contributed by atoms with Gasteiger partial charge < -0.3 is 0 Å². The third-order valence-electron chi connectivity index (χ3n) is 1.87. The van der Waals surface area contributed by atoms with Crippen LogP contribution in [-0.4, -0.2) is 6.17 Å². The topological polar surface area (TPSA) is 0 Å². The molecule has 9 heavy (non-hydrogen) atoms. The Morgan fingerprint density at radius 2 is 2.33 bits per heavy atom. The molecule has 1 heteroatoms. The molecule has 0 aromatic carbocycles. The molecule has 1 fully saturated rings. The van der Waals surface area contributed by atoms with Gasteiger partial charge >= 0.3 is 0 Å². The summed E-state index contributed by atoms with van der Waals surface area (Å²) in [7, 11) is 0. The maximum absolute atomic E-state index is 12.5. The van der Waals surface area contributed by atoms with Gasteiger partial charge in [-0.1, -0.05) is 0 Å². The molecule has 0 bridgehead atoms. The molecular weight excluding hydrogens is 115 g/mol. The highest BCUT2D eigenvalue weighted by atomic mass is 19.1. The van der Waals surface area contributed by atoms with Crippen LogP contribution in [0.5, 0.6) is 0 Å². The first kappa shape index (κ1) is 7.04. The second-order valence-corrected chi connectivity index (χ2v) is 2.68. The Hall–Kier alpha value is -0.0700. The van der Waals surface area contributed by atoms with E-state index in [9.17, 15) is 4.39 Å². The highest BCUT2D eigenvalue weighted by Gasteiger charge is 2.19. The lowest BCUT2D eigenvalue weighted by atomic mass is 9.87. The van der Waals surface area contributed by atoms with Crippen molar-refractivity contribution < 1.29 is 4.39 Å². The maximum atomic E-state index is 12.5. The quantitative estimate of drug-likeness (QED) is 0.509. The minimum atomic E-state index is -0.651. The zero-order valence-corrected chi connectivity index (χ0v) is 5.81. The summed E-state index contributed by atoms with van der Waals surface area (Å²) in [5.74, 6) is 0.207. The number of hydrogen-bond donors (Lipinski definition) is 0. The molecule has 0 aliphatic heterocycles. The van der Waals surface area contributed by atoms with E-state index in [0.29, 0.717) is 0 Å². The van der Waals surface area contributed by atoms with Crippen molar-refractivity contribution in [3.63, 3.8) is 0 Å². The zero-order valence-electron chi connectivity index (χ0n) is 5.81. The van der Waals surface area contributed by atoms with Gasteiger partial charge in [-0.25, -0.2) is 4.39 Å². The standard InChI is InChI=1S/C8H13F/c1-7(9)8-5-3-2-4-6-8/h3,6-8H,2,4-5H2,1H3. The van der Waals surface area contributed by atoms with Crippen molar-refractivity contribution in [2.45, 2.75) is 32.4 Å². The highest BCUT2D eigenvalue weighted by molar-refractivity contribution is 4.91. The van der Waals surface area contributed by atoms with Crippen molar-refractivity contribution in [1.29, 1.82) is 0 Å². The van der Waals surface area contributed by atoms with Gasteiger partial charge in [0.1, 0.15) is 6.17 Å².